The van der Waals surface area contributed by atoms with Crippen LogP contribution in [0.3, 0.4) is 0 Å². The van der Waals surface area contributed by atoms with Crippen LogP contribution < -0.4 is 5.32 Å². The lowest BCUT2D eigenvalue weighted by atomic mass is 10.1. The van der Waals surface area contributed by atoms with Gasteiger partial charge in [-0.15, -0.1) is 24.0 Å². The van der Waals surface area contributed by atoms with Crippen LogP contribution in [0.2, 0.25) is 5.02 Å². The van der Waals surface area contributed by atoms with Crippen molar-refractivity contribution in [1.29, 1.82) is 0 Å². The monoisotopic (exact) mass is 479 g/mol. The van der Waals surface area contributed by atoms with Gasteiger partial charge in [0.1, 0.15) is 6.10 Å². The summed E-state index contributed by atoms with van der Waals surface area (Å²) >= 11 is 6.24. The number of hydrogen-bond acceptors (Lipinski definition) is 3. The van der Waals surface area contributed by atoms with Crippen molar-refractivity contribution in [2.24, 2.45) is 4.99 Å². The average Bonchev–Trinajstić information content (AvgIpc) is 3.15. The number of morpholine rings is 1. The molecule has 2 atom stereocenters. The summed E-state index contributed by atoms with van der Waals surface area (Å²) in [4.78, 5) is 7.05. The molecular weight excluding hydrogens is 453 g/mol. The molecule has 2 saturated heterocycles. The van der Waals surface area contributed by atoms with E-state index in [0.717, 1.165) is 55.6 Å². The number of halogens is 2. The van der Waals surface area contributed by atoms with E-state index in [1.165, 1.54) is 0 Å². The summed E-state index contributed by atoms with van der Waals surface area (Å²) in [6.45, 7) is 6.72. The van der Waals surface area contributed by atoms with Crippen molar-refractivity contribution in [2.75, 3.05) is 32.8 Å². The average molecular weight is 480 g/mol. The van der Waals surface area contributed by atoms with E-state index in [4.69, 9.17) is 26.1 Å². The number of ether oxygens (including phenoxy) is 2. The predicted octanol–water partition coefficient (Wildman–Crippen LogP) is 3.30. The first-order valence-electron chi connectivity index (χ1n) is 8.78. The number of rotatable bonds is 4. The van der Waals surface area contributed by atoms with Crippen molar-refractivity contribution in [3.63, 3.8) is 0 Å². The Morgan fingerprint density at radius 3 is 2.80 bits per heavy atom. The van der Waals surface area contributed by atoms with Gasteiger partial charge < -0.3 is 19.7 Å². The quantitative estimate of drug-likeness (QED) is 0.409. The summed E-state index contributed by atoms with van der Waals surface area (Å²) in [5, 5.41) is 4.15. The molecule has 5 nitrogen and oxygen atoms in total. The Labute approximate surface area is 172 Å². The summed E-state index contributed by atoms with van der Waals surface area (Å²) in [6.07, 6.45) is 2.57. The van der Waals surface area contributed by atoms with Gasteiger partial charge in [0.05, 0.1) is 19.3 Å². The van der Waals surface area contributed by atoms with Gasteiger partial charge in [-0.3, -0.25) is 0 Å². The number of guanidine groups is 1. The molecule has 25 heavy (non-hydrogen) atoms. The van der Waals surface area contributed by atoms with Crippen LogP contribution >= 0.6 is 35.6 Å². The fourth-order valence-corrected chi connectivity index (χ4v) is 3.40. The van der Waals surface area contributed by atoms with E-state index < -0.39 is 0 Å². The van der Waals surface area contributed by atoms with Crippen molar-refractivity contribution in [2.45, 2.75) is 38.5 Å². The molecule has 0 saturated carbocycles. The van der Waals surface area contributed by atoms with Crippen LogP contribution in [-0.4, -0.2) is 55.9 Å². The van der Waals surface area contributed by atoms with Gasteiger partial charge in [-0.1, -0.05) is 29.8 Å². The molecule has 0 aromatic heterocycles. The van der Waals surface area contributed by atoms with Gasteiger partial charge in [0.25, 0.3) is 0 Å². The topological polar surface area (TPSA) is 46.1 Å². The molecule has 0 amide bonds. The normalized spacial score (nSPS) is 24.1. The van der Waals surface area contributed by atoms with Crippen LogP contribution in [0.4, 0.5) is 0 Å². The molecule has 0 radical (unpaired) electrons. The van der Waals surface area contributed by atoms with Crippen molar-refractivity contribution in [3.8, 4) is 0 Å². The summed E-state index contributed by atoms with van der Waals surface area (Å²) in [5.41, 5.74) is 1.04. The lowest BCUT2D eigenvalue weighted by molar-refractivity contribution is -0.0817. The largest absolute Gasteiger partial charge is 0.375 e. The fraction of sp³-hybridized carbons (Fsp3) is 0.611. The van der Waals surface area contributed by atoms with Gasteiger partial charge in [-0.05, 0) is 31.4 Å². The highest BCUT2D eigenvalue weighted by molar-refractivity contribution is 14.0. The maximum absolute atomic E-state index is 6.24. The SMILES string of the molecule is CCNC(=NCc1ccccc1Cl)N1CCOC(C2CCCO2)C1.I. The third kappa shape index (κ3) is 5.70. The van der Waals surface area contributed by atoms with Crippen LogP contribution in [0.15, 0.2) is 29.3 Å². The van der Waals surface area contributed by atoms with Gasteiger partial charge in [-0.25, -0.2) is 4.99 Å². The van der Waals surface area contributed by atoms with Crippen LogP contribution in [0.5, 0.6) is 0 Å². The van der Waals surface area contributed by atoms with Crippen LogP contribution in [0.1, 0.15) is 25.3 Å². The summed E-state index contributed by atoms with van der Waals surface area (Å²) in [6, 6.07) is 7.85. The zero-order valence-electron chi connectivity index (χ0n) is 14.6. The van der Waals surface area contributed by atoms with Crippen LogP contribution in [0.25, 0.3) is 0 Å². The van der Waals surface area contributed by atoms with Gasteiger partial charge in [0.2, 0.25) is 0 Å². The van der Waals surface area contributed by atoms with Crippen molar-refractivity contribution >= 4 is 41.5 Å². The standard InChI is InChI=1S/C18H26ClN3O2.HI/c1-2-20-18(21-12-14-6-3-4-7-15(14)19)22-9-11-24-17(13-22)16-8-5-10-23-16;/h3-4,6-7,16-17H,2,5,8-13H2,1H3,(H,20,21);1H. The number of aliphatic imine (C=N–C) groups is 1. The molecule has 0 spiro atoms. The zero-order valence-corrected chi connectivity index (χ0v) is 17.7. The lowest BCUT2D eigenvalue weighted by Crippen LogP contribution is -2.53. The van der Waals surface area contributed by atoms with Gasteiger partial charge in [-0.2, -0.15) is 0 Å². The molecule has 2 aliphatic rings. The first-order chi connectivity index (χ1) is 11.8. The minimum Gasteiger partial charge on any atom is -0.375 e. The van der Waals surface area contributed by atoms with Crippen molar-refractivity contribution in [1.82, 2.24) is 10.2 Å². The fourth-order valence-electron chi connectivity index (χ4n) is 3.20. The Hall–Kier alpha value is -0.570. The molecule has 140 valence electrons. The van der Waals surface area contributed by atoms with E-state index >= 15 is 0 Å². The summed E-state index contributed by atoms with van der Waals surface area (Å²) in [7, 11) is 0. The predicted molar refractivity (Wildman–Crippen MR) is 112 cm³/mol. The molecule has 2 fully saturated rings. The number of benzene rings is 1. The highest BCUT2D eigenvalue weighted by Gasteiger charge is 2.32. The Morgan fingerprint density at radius 2 is 2.08 bits per heavy atom. The van der Waals surface area contributed by atoms with E-state index in [9.17, 15) is 0 Å². The maximum Gasteiger partial charge on any atom is 0.194 e. The van der Waals surface area contributed by atoms with Gasteiger partial charge >= 0.3 is 0 Å². The second kappa shape index (κ2) is 10.5. The van der Waals surface area contributed by atoms with E-state index in [-0.39, 0.29) is 36.2 Å². The molecule has 0 aliphatic carbocycles. The second-order valence-corrected chi connectivity index (χ2v) is 6.58. The zero-order chi connectivity index (χ0) is 16.8. The van der Waals surface area contributed by atoms with Crippen molar-refractivity contribution in [3.05, 3.63) is 34.9 Å². The third-order valence-corrected chi connectivity index (χ3v) is 4.83. The molecule has 3 rings (SSSR count). The molecule has 1 aromatic rings. The Morgan fingerprint density at radius 1 is 1.28 bits per heavy atom. The van der Waals surface area contributed by atoms with E-state index in [1.807, 2.05) is 24.3 Å². The van der Waals surface area contributed by atoms with Crippen LogP contribution in [0, 0.1) is 0 Å². The van der Waals surface area contributed by atoms with Crippen LogP contribution in [-0.2, 0) is 16.0 Å². The Balaban J connectivity index is 0.00000225. The molecular formula is C18H27ClIN3O2. The summed E-state index contributed by atoms with van der Waals surface area (Å²) in [5.74, 6) is 0.920. The van der Waals surface area contributed by atoms with E-state index in [1.54, 1.807) is 0 Å². The minimum atomic E-state index is 0. The van der Waals surface area contributed by atoms with E-state index in [2.05, 4.69) is 17.1 Å². The molecule has 2 unspecified atom stereocenters. The maximum atomic E-state index is 6.24. The molecule has 1 N–H and O–H groups in total. The van der Waals surface area contributed by atoms with Crippen molar-refractivity contribution < 1.29 is 9.47 Å². The third-order valence-electron chi connectivity index (χ3n) is 4.46. The lowest BCUT2D eigenvalue weighted by Gasteiger charge is -2.37. The molecule has 0 bridgehead atoms. The molecule has 2 aliphatic heterocycles. The minimum absolute atomic E-state index is 0. The Kier molecular flexibility index (Phi) is 8.75. The highest BCUT2D eigenvalue weighted by atomic mass is 127. The number of hydrogen-bond donors (Lipinski definition) is 1. The summed E-state index contributed by atoms with van der Waals surface area (Å²) < 4.78 is 11.7. The second-order valence-electron chi connectivity index (χ2n) is 6.17. The first kappa shape index (κ1) is 20.7. The molecule has 1 aromatic carbocycles. The smallest absolute Gasteiger partial charge is 0.194 e. The number of nitrogens with one attached hydrogen (secondary N) is 1. The van der Waals surface area contributed by atoms with Gasteiger partial charge in [0, 0.05) is 31.3 Å². The van der Waals surface area contributed by atoms with E-state index in [0.29, 0.717) is 13.2 Å². The first-order valence-corrected chi connectivity index (χ1v) is 9.15. The van der Waals surface area contributed by atoms with Gasteiger partial charge in [0.15, 0.2) is 5.96 Å². The molecule has 2 heterocycles. The Bertz CT molecular complexity index is 567. The number of nitrogens with zero attached hydrogens (tertiary/aromatic N) is 2. The molecule has 7 heteroatoms. The highest BCUT2D eigenvalue weighted by Crippen LogP contribution is 2.21.